The molecule has 0 aliphatic carbocycles. The number of nitrogens with two attached hydrogens (primary N) is 2. The van der Waals surface area contributed by atoms with Crippen LogP contribution in [0.5, 0.6) is 0 Å². The van der Waals surface area contributed by atoms with Gasteiger partial charge in [-0.1, -0.05) is 29.8 Å². The third kappa shape index (κ3) is 2.57. The Morgan fingerprint density at radius 2 is 2.17 bits per heavy atom. The highest BCUT2D eigenvalue weighted by Gasteiger charge is 2.04. The van der Waals surface area contributed by atoms with Gasteiger partial charge in [0.25, 0.3) is 0 Å². The van der Waals surface area contributed by atoms with E-state index in [0.29, 0.717) is 10.7 Å². The molecule has 0 atom stereocenters. The van der Waals surface area contributed by atoms with Gasteiger partial charge < -0.3 is 11.5 Å². The second kappa shape index (κ2) is 5.01. The van der Waals surface area contributed by atoms with Gasteiger partial charge in [-0.2, -0.15) is 5.10 Å². The van der Waals surface area contributed by atoms with E-state index in [2.05, 4.69) is 15.2 Å². The molecule has 0 fully saturated rings. The van der Waals surface area contributed by atoms with Crippen LogP contribution in [-0.4, -0.2) is 17.2 Å². The van der Waals surface area contributed by atoms with E-state index in [1.54, 1.807) is 0 Å². The van der Waals surface area contributed by atoms with Crippen molar-refractivity contribution >= 4 is 34.7 Å². The number of hydrogen-bond acceptors (Lipinski definition) is 3. The molecule has 0 spiro atoms. The fraction of sp³-hybridized carbons (Fsp3) is 0.0833. The second-order valence-electron chi connectivity index (χ2n) is 3.78. The first kappa shape index (κ1) is 12.3. The maximum atomic E-state index is 6.08. The summed E-state index contributed by atoms with van der Waals surface area (Å²) in [7, 11) is 0. The maximum absolute atomic E-state index is 6.08. The highest BCUT2D eigenvalue weighted by atomic mass is 35.5. The van der Waals surface area contributed by atoms with Crippen molar-refractivity contribution in [2.45, 2.75) is 6.92 Å². The van der Waals surface area contributed by atoms with E-state index in [-0.39, 0.29) is 5.96 Å². The highest BCUT2D eigenvalue weighted by Crippen LogP contribution is 2.21. The van der Waals surface area contributed by atoms with Crippen LogP contribution < -0.4 is 11.5 Å². The summed E-state index contributed by atoms with van der Waals surface area (Å²) in [5.41, 5.74) is 13.0. The molecule has 4 N–H and O–H groups in total. The van der Waals surface area contributed by atoms with E-state index in [0.717, 1.165) is 16.5 Å². The lowest BCUT2D eigenvalue weighted by Crippen LogP contribution is -2.21. The zero-order chi connectivity index (χ0) is 13.1. The number of para-hydroxylation sites is 1. The lowest BCUT2D eigenvalue weighted by Gasteiger charge is -2.03. The third-order valence-electron chi connectivity index (χ3n) is 2.40. The molecule has 0 aliphatic heterocycles. The van der Waals surface area contributed by atoms with Gasteiger partial charge in [-0.15, -0.1) is 5.10 Å². The Morgan fingerprint density at radius 3 is 2.89 bits per heavy atom. The lowest BCUT2D eigenvalue weighted by atomic mass is 10.1. The van der Waals surface area contributed by atoms with Crippen LogP contribution >= 0.6 is 11.6 Å². The van der Waals surface area contributed by atoms with Crippen LogP contribution in [0.2, 0.25) is 5.15 Å². The molecule has 0 amide bonds. The van der Waals surface area contributed by atoms with Crippen molar-refractivity contribution in [3.8, 4) is 0 Å². The molecule has 0 saturated heterocycles. The summed E-state index contributed by atoms with van der Waals surface area (Å²) in [4.78, 5) is 4.34. The normalized spacial score (nSPS) is 11.0. The monoisotopic (exact) mass is 261 g/mol. The van der Waals surface area contributed by atoms with Gasteiger partial charge in [0.1, 0.15) is 5.15 Å². The van der Waals surface area contributed by atoms with Crippen LogP contribution in [0.15, 0.2) is 34.5 Å². The minimum Gasteiger partial charge on any atom is -0.369 e. The molecular formula is C12H12ClN5. The Balaban J connectivity index is 2.50. The highest BCUT2D eigenvalue weighted by molar-refractivity contribution is 6.32. The standard InChI is InChI=1S/C12H12ClN5/c1-7-3-2-4-8-5-9(6-16-18-12(14)15)11(13)17-10(7)8/h2-6H,1H3,(H4,14,15,18)/b16-6-. The number of rotatable bonds is 2. The van der Waals surface area contributed by atoms with Gasteiger partial charge in [0.2, 0.25) is 5.96 Å². The van der Waals surface area contributed by atoms with Crippen LogP contribution in [0.1, 0.15) is 11.1 Å². The van der Waals surface area contributed by atoms with E-state index >= 15 is 0 Å². The largest absolute Gasteiger partial charge is 0.369 e. The van der Waals surface area contributed by atoms with Gasteiger partial charge in [-0.3, -0.25) is 0 Å². The van der Waals surface area contributed by atoms with Crippen molar-refractivity contribution < 1.29 is 0 Å². The van der Waals surface area contributed by atoms with E-state index in [9.17, 15) is 0 Å². The number of benzene rings is 1. The van der Waals surface area contributed by atoms with Crippen molar-refractivity contribution in [1.82, 2.24) is 4.98 Å². The molecule has 0 aliphatic rings. The predicted octanol–water partition coefficient (Wildman–Crippen LogP) is 1.80. The second-order valence-corrected chi connectivity index (χ2v) is 4.14. The van der Waals surface area contributed by atoms with E-state index in [4.69, 9.17) is 23.1 Å². The van der Waals surface area contributed by atoms with Gasteiger partial charge in [0.15, 0.2) is 0 Å². The lowest BCUT2D eigenvalue weighted by molar-refractivity contribution is 1.21. The summed E-state index contributed by atoms with van der Waals surface area (Å²) in [6.07, 6.45) is 1.47. The molecule has 5 nitrogen and oxygen atoms in total. The Kier molecular flexibility index (Phi) is 3.43. The quantitative estimate of drug-likeness (QED) is 0.374. The molecule has 1 aromatic carbocycles. The van der Waals surface area contributed by atoms with Crippen LogP contribution in [-0.2, 0) is 0 Å². The topological polar surface area (TPSA) is 89.6 Å². The summed E-state index contributed by atoms with van der Waals surface area (Å²) < 4.78 is 0. The summed E-state index contributed by atoms with van der Waals surface area (Å²) >= 11 is 6.08. The zero-order valence-corrected chi connectivity index (χ0v) is 10.5. The van der Waals surface area contributed by atoms with Gasteiger partial charge in [0.05, 0.1) is 11.7 Å². The molecule has 0 bridgehead atoms. The van der Waals surface area contributed by atoms with Crippen LogP contribution in [0.4, 0.5) is 0 Å². The van der Waals surface area contributed by atoms with Crippen LogP contribution in [0, 0.1) is 6.92 Å². The first-order valence-electron chi connectivity index (χ1n) is 5.26. The van der Waals surface area contributed by atoms with E-state index in [1.807, 2.05) is 31.2 Å². The van der Waals surface area contributed by atoms with Gasteiger partial charge >= 0.3 is 0 Å². The summed E-state index contributed by atoms with van der Waals surface area (Å²) in [6.45, 7) is 1.98. The van der Waals surface area contributed by atoms with E-state index in [1.165, 1.54) is 6.21 Å². The molecule has 0 radical (unpaired) electrons. The zero-order valence-electron chi connectivity index (χ0n) is 9.76. The van der Waals surface area contributed by atoms with Crippen molar-refractivity contribution in [2.24, 2.45) is 21.7 Å². The number of hydrogen-bond donors (Lipinski definition) is 2. The van der Waals surface area contributed by atoms with Gasteiger partial charge in [0, 0.05) is 10.9 Å². The molecule has 0 unspecified atom stereocenters. The maximum Gasteiger partial charge on any atom is 0.211 e. The Hall–Kier alpha value is -2.14. The molecule has 2 rings (SSSR count). The van der Waals surface area contributed by atoms with Gasteiger partial charge in [-0.05, 0) is 18.6 Å². The third-order valence-corrected chi connectivity index (χ3v) is 2.70. The Morgan fingerprint density at radius 1 is 1.39 bits per heavy atom. The number of halogens is 1. The Labute approximate surface area is 109 Å². The first-order valence-corrected chi connectivity index (χ1v) is 5.63. The molecule has 6 heteroatoms. The minimum atomic E-state index is -0.105. The fourth-order valence-corrected chi connectivity index (χ4v) is 1.78. The molecule has 1 aromatic heterocycles. The average molecular weight is 262 g/mol. The van der Waals surface area contributed by atoms with Crippen molar-refractivity contribution in [2.75, 3.05) is 0 Å². The molecule has 18 heavy (non-hydrogen) atoms. The summed E-state index contributed by atoms with van der Waals surface area (Å²) in [5.74, 6) is -0.105. The van der Waals surface area contributed by atoms with Crippen LogP contribution in [0.25, 0.3) is 10.9 Å². The average Bonchev–Trinajstić information content (AvgIpc) is 2.31. The number of aryl methyl sites for hydroxylation is 1. The molecule has 0 saturated carbocycles. The first-order chi connectivity index (χ1) is 8.58. The number of fused-ring (bicyclic) bond motifs is 1. The van der Waals surface area contributed by atoms with Crippen molar-refractivity contribution in [3.05, 3.63) is 40.5 Å². The number of nitrogens with zero attached hydrogens (tertiary/aromatic N) is 3. The summed E-state index contributed by atoms with van der Waals surface area (Å²) in [5, 5.41) is 8.59. The van der Waals surface area contributed by atoms with Crippen molar-refractivity contribution in [3.63, 3.8) is 0 Å². The smallest absolute Gasteiger partial charge is 0.211 e. The van der Waals surface area contributed by atoms with Gasteiger partial charge in [-0.25, -0.2) is 4.98 Å². The van der Waals surface area contributed by atoms with E-state index < -0.39 is 0 Å². The minimum absolute atomic E-state index is 0.105. The molecule has 1 heterocycles. The number of pyridine rings is 1. The molecular weight excluding hydrogens is 250 g/mol. The summed E-state index contributed by atoms with van der Waals surface area (Å²) in [6, 6.07) is 7.80. The number of guanidine groups is 1. The predicted molar refractivity (Wildman–Crippen MR) is 74.9 cm³/mol. The van der Waals surface area contributed by atoms with Crippen molar-refractivity contribution in [1.29, 1.82) is 0 Å². The van der Waals surface area contributed by atoms with Crippen LogP contribution in [0.3, 0.4) is 0 Å². The fourth-order valence-electron chi connectivity index (χ4n) is 1.59. The SMILES string of the molecule is Cc1cccc2cc(/C=N\N=C(N)N)c(Cl)nc12. The molecule has 92 valence electrons. The molecule has 2 aromatic rings. The Bertz CT molecular complexity index is 644. The number of aromatic nitrogens is 1.